The second-order valence-corrected chi connectivity index (χ2v) is 7.85. The molecule has 22 heavy (non-hydrogen) atoms. The number of nitrogens with one attached hydrogen (secondary N) is 1. The number of carbonyl (C=O) groups excluding carboxylic acids is 1. The lowest BCUT2D eigenvalue weighted by atomic mass is 10.0. The molecule has 2 N–H and O–H groups in total. The van der Waals surface area contributed by atoms with E-state index in [1.165, 1.54) is 0 Å². The van der Waals surface area contributed by atoms with Gasteiger partial charge in [0, 0.05) is 12.8 Å². The first-order chi connectivity index (χ1) is 10.4. The molecule has 1 aromatic rings. The van der Waals surface area contributed by atoms with Crippen LogP contribution in [-0.4, -0.2) is 42.9 Å². The van der Waals surface area contributed by atoms with Gasteiger partial charge in [-0.05, 0) is 17.9 Å². The van der Waals surface area contributed by atoms with E-state index in [4.69, 9.17) is 0 Å². The highest BCUT2D eigenvalue weighted by Gasteiger charge is 2.30. The molecule has 1 heterocycles. The normalized spacial score (nSPS) is 21.2. The standard InChI is InChI=1S/C15H19NO5S/c17-14(9-12-6-7-22(20,21)10-12)16-13(15(18)19)8-11-4-2-1-3-5-11/h1-5,12-13H,6-10H2,(H,16,17)(H,18,19). The summed E-state index contributed by atoms with van der Waals surface area (Å²) in [6.45, 7) is 0. The van der Waals surface area contributed by atoms with E-state index in [2.05, 4.69) is 5.32 Å². The fraction of sp³-hybridized carbons (Fsp3) is 0.467. The van der Waals surface area contributed by atoms with Crippen LogP contribution in [0.3, 0.4) is 0 Å². The minimum Gasteiger partial charge on any atom is -0.480 e. The predicted octanol–water partition coefficient (Wildman–Crippen LogP) is 0.623. The van der Waals surface area contributed by atoms with Gasteiger partial charge in [-0.3, -0.25) is 4.79 Å². The maximum absolute atomic E-state index is 11.9. The van der Waals surface area contributed by atoms with Gasteiger partial charge in [-0.2, -0.15) is 0 Å². The quantitative estimate of drug-likeness (QED) is 0.799. The molecule has 120 valence electrons. The van der Waals surface area contributed by atoms with E-state index < -0.39 is 27.8 Å². The number of carbonyl (C=O) groups is 2. The molecule has 0 saturated carbocycles. The SMILES string of the molecule is O=C(CC1CCS(=O)(=O)C1)NC(Cc1ccccc1)C(=O)O. The van der Waals surface area contributed by atoms with E-state index in [9.17, 15) is 23.1 Å². The minimum absolute atomic E-state index is 0.0108. The lowest BCUT2D eigenvalue weighted by Crippen LogP contribution is -2.42. The van der Waals surface area contributed by atoms with E-state index in [0.29, 0.717) is 6.42 Å². The van der Waals surface area contributed by atoms with Crippen LogP contribution in [0, 0.1) is 5.92 Å². The number of carboxylic acids is 1. The molecule has 2 atom stereocenters. The molecular weight excluding hydrogens is 306 g/mol. The van der Waals surface area contributed by atoms with Crippen molar-refractivity contribution in [2.24, 2.45) is 5.92 Å². The minimum atomic E-state index is -3.03. The number of hydrogen-bond acceptors (Lipinski definition) is 4. The Labute approximate surface area is 129 Å². The maximum atomic E-state index is 11.9. The van der Waals surface area contributed by atoms with E-state index in [1.54, 1.807) is 24.3 Å². The number of benzene rings is 1. The van der Waals surface area contributed by atoms with Crippen LogP contribution in [0.4, 0.5) is 0 Å². The molecule has 1 amide bonds. The first kappa shape index (κ1) is 16.5. The zero-order valence-corrected chi connectivity index (χ0v) is 12.9. The Hall–Kier alpha value is -1.89. The van der Waals surface area contributed by atoms with Gasteiger partial charge in [-0.25, -0.2) is 13.2 Å². The van der Waals surface area contributed by atoms with Crippen molar-refractivity contribution in [1.29, 1.82) is 0 Å². The van der Waals surface area contributed by atoms with Gasteiger partial charge in [0.25, 0.3) is 0 Å². The van der Waals surface area contributed by atoms with E-state index in [0.717, 1.165) is 5.56 Å². The summed E-state index contributed by atoms with van der Waals surface area (Å²) in [4.78, 5) is 23.2. The molecule has 1 fully saturated rings. The zero-order chi connectivity index (χ0) is 16.2. The third-order valence-corrected chi connectivity index (χ3v) is 5.55. The number of rotatable bonds is 6. The third kappa shape index (κ3) is 4.84. The van der Waals surface area contributed by atoms with Crippen LogP contribution < -0.4 is 5.32 Å². The second kappa shape index (κ2) is 6.91. The van der Waals surface area contributed by atoms with Gasteiger partial charge < -0.3 is 10.4 Å². The largest absolute Gasteiger partial charge is 0.480 e. The lowest BCUT2D eigenvalue weighted by Gasteiger charge is -2.16. The van der Waals surface area contributed by atoms with Crippen molar-refractivity contribution in [3.8, 4) is 0 Å². The summed E-state index contributed by atoms with van der Waals surface area (Å²) < 4.78 is 22.7. The summed E-state index contributed by atoms with van der Waals surface area (Å²) in [6, 6.07) is 8.03. The van der Waals surface area contributed by atoms with Crippen LogP contribution in [0.15, 0.2) is 30.3 Å². The molecule has 2 rings (SSSR count). The summed E-state index contributed by atoms with van der Waals surface area (Å²) in [6.07, 6.45) is 0.717. The molecule has 1 saturated heterocycles. The topological polar surface area (TPSA) is 101 Å². The Balaban J connectivity index is 1.91. The Morgan fingerprint density at radius 2 is 1.95 bits per heavy atom. The van der Waals surface area contributed by atoms with Gasteiger partial charge in [-0.15, -0.1) is 0 Å². The predicted molar refractivity (Wildman–Crippen MR) is 81.1 cm³/mol. The first-order valence-electron chi connectivity index (χ1n) is 7.12. The van der Waals surface area contributed by atoms with Crippen LogP contribution in [0.25, 0.3) is 0 Å². The Morgan fingerprint density at radius 1 is 1.27 bits per heavy atom. The second-order valence-electron chi connectivity index (χ2n) is 5.62. The summed E-state index contributed by atoms with van der Waals surface area (Å²) in [5.74, 6) is -1.61. The molecule has 0 spiro atoms. The molecule has 0 aromatic heterocycles. The zero-order valence-electron chi connectivity index (χ0n) is 12.1. The fourth-order valence-electron chi connectivity index (χ4n) is 2.60. The van der Waals surface area contributed by atoms with Crippen molar-refractivity contribution < 1.29 is 23.1 Å². The van der Waals surface area contributed by atoms with Gasteiger partial charge in [0.2, 0.25) is 5.91 Å². The van der Waals surface area contributed by atoms with Crippen molar-refractivity contribution in [2.45, 2.75) is 25.3 Å². The molecule has 1 aliphatic rings. The lowest BCUT2D eigenvalue weighted by molar-refractivity contribution is -0.141. The average Bonchev–Trinajstić information content (AvgIpc) is 2.78. The molecule has 0 bridgehead atoms. The number of carboxylic acid groups (broad SMARTS) is 1. The smallest absolute Gasteiger partial charge is 0.326 e. The number of hydrogen-bond donors (Lipinski definition) is 2. The Kier molecular flexibility index (Phi) is 5.18. The highest BCUT2D eigenvalue weighted by atomic mass is 32.2. The number of sulfone groups is 1. The molecule has 2 unspecified atom stereocenters. The van der Waals surface area contributed by atoms with Crippen molar-refractivity contribution in [2.75, 3.05) is 11.5 Å². The Morgan fingerprint density at radius 3 is 2.50 bits per heavy atom. The van der Waals surface area contributed by atoms with Crippen molar-refractivity contribution in [1.82, 2.24) is 5.32 Å². The molecule has 1 aliphatic heterocycles. The molecular formula is C15H19NO5S. The van der Waals surface area contributed by atoms with Gasteiger partial charge in [-0.1, -0.05) is 30.3 Å². The summed E-state index contributed by atoms with van der Waals surface area (Å²) in [7, 11) is -3.03. The van der Waals surface area contributed by atoms with Crippen molar-refractivity contribution in [3.05, 3.63) is 35.9 Å². The van der Waals surface area contributed by atoms with Gasteiger partial charge in [0.15, 0.2) is 9.84 Å². The van der Waals surface area contributed by atoms with E-state index in [-0.39, 0.29) is 30.3 Å². The highest BCUT2D eigenvalue weighted by molar-refractivity contribution is 7.91. The Bertz CT molecular complexity index is 641. The number of aliphatic carboxylic acids is 1. The van der Waals surface area contributed by atoms with E-state index >= 15 is 0 Å². The van der Waals surface area contributed by atoms with Crippen molar-refractivity contribution in [3.63, 3.8) is 0 Å². The average molecular weight is 325 g/mol. The maximum Gasteiger partial charge on any atom is 0.326 e. The first-order valence-corrected chi connectivity index (χ1v) is 8.94. The highest BCUT2D eigenvalue weighted by Crippen LogP contribution is 2.21. The molecule has 0 radical (unpaired) electrons. The summed E-state index contributed by atoms with van der Waals surface area (Å²) in [5.41, 5.74) is 0.818. The third-order valence-electron chi connectivity index (χ3n) is 3.72. The van der Waals surface area contributed by atoms with Crippen molar-refractivity contribution >= 4 is 21.7 Å². The summed E-state index contributed by atoms with van der Waals surface area (Å²) >= 11 is 0. The van der Waals surface area contributed by atoms with E-state index in [1.807, 2.05) is 6.07 Å². The van der Waals surface area contributed by atoms with Gasteiger partial charge in [0.05, 0.1) is 11.5 Å². The van der Waals surface area contributed by atoms with Gasteiger partial charge >= 0.3 is 5.97 Å². The molecule has 0 aliphatic carbocycles. The molecule has 7 heteroatoms. The van der Waals surface area contributed by atoms with Crippen LogP contribution in [-0.2, 0) is 25.8 Å². The van der Waals surface area contributed by atoms with Crippen LogP contribution >= 0.6 is 0 Å². The monoisotopic (exact) mass is 325 g/mol. The molecule has 6 nitrogen and oxygen atoms in total. The van der Waals surface area contributed by atoms with Gasteiger partial charge in [0.1, 0.15) is 6.04 Å². The van der Waals surface area contributed by atoms with Crippen LogP contribution in [0.2, 0.25) is 0 Å². The van der Waals surface area contributed by atoms with Crippen LogP contribution in [0.1, 0.15) is 18.4 Å². The molecule has 1 aromatic carbocycles. The van der Waals surface area contributed by atoms with Crippen LogP contribution in [0.5, 0.6) is 0 Å². The number of amides is 1. The fourth-order valence-corrected chi connectivity index (χ4v) is 4.46. The summed E-state index contributed by atoms with van der Waals surface area (Å²) in [5, 5.41) is 11.7.